The van der Waals surface area contributed by atoms with Gasteiger partial charge in [0.2, 0.25) is 0 Å². The van der Waals surface area contributed by atoms with Crippen LogP contribution >= 0.6 is 23.2 Å². The maximum absolute atomic E-state index is 13.3. The highest BCUT2D eigenvalue weighted by Crippen LogP contribution is 2.46. The molecule has 0 saturated carbocycles. The summed E-state index contributed by atoms with van der Waals surface area (Å²) >= 11 is 12.7. The van der Waals surface area contributed by atoms with Gasteiger partial charge in [-0.25, -0.2) is 0 Å². The fraction of sp³-hybridized carbons (Fsp3) is 0.154. The van der Waals surface area contributed by atoms with E-state index < -0.39 is 23.5 Å². The molecule has 1 amide bonds. The molecule has 3 aromatic rings. The molecular formula is C26H21Cl2NO5. The minimum absolute atomic E-state index is 0.124. The number of anilines is 1. The maximum Gasteiger partial charge on any atom is 0.300 e. The van der Waals surface area contributed by atoms with E-state index in [0.29, 0.717) is 27.8 Å². The van der Waals surface area contributed by atoms with E-state index >= 15 is 0 Å². The molecule has 1 heterocycles. The van der Waals surface area contributed by atoms with Gasteiger partial charge in [0.15, 0.2) is 0 Å². The van der Waals surface area contributed by atoms with Gasteiger partial charge in [-0.2, -0.15) is 0 Å². The molecule has 174 valence electrons. The third-order valence-electron chi connectivity index (χ3n) is 5.74. The Labute approximate surface area is 206 Å². The molecule has 0 aliphatic carbocycles. The Morgan fingerprint density at radius 3 is 2.35 bits per heavy atom. The van der Waals surface area contributed by atoms with Crippen molar-refractivity contribution >= 4 is 46.3 Å². The minimum Gasteiger partial charge on any atom is -0.507 e. The van der Waals surface area contributed by atoms with Gasteiger partial charge in [-0.3, -0.25) is 14.5 Å². The number of aryl methyl sites for hydroxylation is 1. The van der Waals surface area contributed by atoms with Gasteiger partial charge in [-0.1, -0.05) is 47.5 Å². The van der Waals surface area contributed by atoms with Crippen molar-refractivity contribution in [3.63, 3.8) is 0 Å². The molecule has 1 fully saturated rings. The summed E-state index contributed by atoms with van der Waals surface area (Å²) in [4.78, 5) is 28.0. The van der Waals surface area contributed by atoms with Crippen molar-refractivity contribution in [3.05, 3.63) is 93.0 Å². The Kier molecular flexibility index (Phi) is 6.55. The maximum atomic E-state index is 13.3. The lowest BCUT2D eigenvalue weighted by atomic mass is 9.94. The number of methoxy groups -OCH3 is 2. The summed E-state index contributed by atoms with van der Waals surface area (Å²) in [5, 5.41) is 12.0. The molecule has 1 saturated heterocycles. The molecule has 0 spiro atoms. The van der Waals surface area contributed by atoms with E-state index in [-0.39, 0.29) is 16.2 Å². The first kappa shape index (κ1) is 23.7. The highest BCUT2D eigenvalue weighted by atomic mass is 35.5. The molecule has 1 aliphatic heterocycles. The van der Waals surface area contributed by atoms with Gasteiger partial charge in [-0.15, -0.1) is 0 Å². The van der Waals surface area contributed by atoms with E-state index in [0.717, 1.165) is 5.56 Å². The summed E-state index contributed by atoms with van der Waals surface area (Å²) in [7, 11) is 2.97. The third kappa shape index (κ3) is 4.00. The second-order valence-electron chi connectivity index (χ2n) is 7.69. The number of hydrogen-bond donors (Lipinski definition) is 1. The number of rotatable bonds is 5. The lowest BCUT2D eigenvalue weighted by Crippen LogP contribution is -2.29. The number of carbonyl (C=O) groups is 2. The highest BCUT2D eigenvalue weighted by molar-refractivity contribution is 6.52. The van der Waals surface area contributed by atoms with Crippen LogP contribution in [0.3, 0.4) is 0 Å². The van der Waals surface area contributed by atoms with Crippen LogP contribution in [0.2, 0.25) is 10.0 Å². The lowest BCUT2D eigenvalue weighted by Gasteiger charge is -2.27. The Balaban J connectivity index is 2.02. The first-order chi connectivity index (χ1) is 16.3. The Morgan fingerprint density at radius 1 is 0.941 bits per heavy atom. The van der Waals surface area contributed by atoms with Crippen molar-refractivity contribution in [2.75, 3.05) is 19.1 Å². The van der Waals surface area contributed by atoms with Crippen LogP contribution in [0.15, 0.2) is 66.2 Å². The molecule has 8 heteroatoms. The van der Waals surface area contributed by atoms with E-state index in [9.17, 15) is 14.7 Å². The number of carbonyl (C=O) groups excluding carboxylic acids is 2. The van der Waals surface area contributed by atoms with Gasteiger partial charge >= 0.3 is 0 Å². The molecule has 1 atom stereocenters. The van der Waals surface area contributed by atoms with Crippen molar-refractivity contribution in [2.24, 2.45) is 0 Å². The van der Waals surface area contributed by atoms with Crippen LogP contribution in [0.1, 0.15) is 22.7 Å². The van der Waals surface area contributed by atoms with Crippen LogP contribution in [0.5, 0.6) is 11.5 Å². The standard InChI is InChI=1S/C26H21Cl2NO5/c1-14-8-9-15(12-20(14)28)29-23(17-6-4-5-7-21(17)34-3)22(25(31)26(29)32)24(30)18-13-16(33-2)10-11-19(18)27/h4-13,23,30H,1-3H3/b24-22+. The fourth-order valence-corrected chi connectivity index (χ4v) is 4.36. The number of para-hydroxylation sites is 1. The zero-order valence-corrected chi connectivity index (χ0v) is 20.1. The Bertz CT molecular complexity index is 1330. The third-order valence-corrected chi connectivity index (χ3v) is 6.48. The summed E-state index contributed by atoms with van der Waals surface area (Å²) in [5.74, 6) is -1.21. The topological polar surface area (TPSA) is 76.1 Å². The van der Waals surface area contributed by atoms with E-state index in [4.69, 9.17) is 32.7 Å². The summed E-state index contributed by atoms with van der Waals surface area (Å²) in [6.45, 7) is 1.84. The Morgan fingerprint density at radius 2 is 1.68 bits per heavy atom. The largest absolute Gasteiger partial charge is 0.507 e. The molecule has 0 radical (unpaired) electrons. The van der Waals surface area contributed by atoms with Crippen molar-refractivity contribution in [3.8, 4) is 11.5 Å². The number of nitrogens with zero attached hydrogens (tertiary/aromatic N) is 1. The van der Waals surface area contributed by atoms with E-state index in [2.05, 4.69) is 0 Å². The smallest absolute Gasteiger partial charge is 0.300 e. The molecule has 6 nitrogen and oxygen atoms in total. The van der Waals surface area contributed by atoms with Crippen LogP contribution in [0, 0.1) is 6.92 Å². The van der Waals surface area contributed by atoms with Crippen molar-refractivity contribution in [2.45, 2.75) is 13.0 Å². The average molecular weight is 498 g/mol. The van der Waals surface area contributed by atoms with Crippen LogP contribution in [-0.4, -0.2) is 31.0 Å². The normalized spacial score (nSPS) is 17.2. The number of benzene rings is 3. The fourth-order valence-electron chi connectivity index (χ4n) is 3.97. The quantitative estimate of drug-likeness (QED) is 0.268. The predicted molar refractivity (Wildman–Crippen MR) is 132 cm³/mol. The number of ketones is 1. The molecule has 0 aromatic heterocycles. The van der Waals surface area contributed by atoms with Crippen molar-refractivity contribution in [1.82, 2.24) is 0 Å². The number of amides is 1. The Hall–Kier alpha value is -3.48. The second kappa shape index (κ2) is 9.41. The minimum atomic E-state index is -0.989. The van der Waals surface area contributed by atoms with E-state index in [1.165, 1.54) is 25.2 Å². The monoisotopic (exact) mass is 497 g/mol. The molecular weight excluding hydrogens is 477 g/mol. The van der Waals surface area contributed by atoms with Gasteiger partial charge in [0.1, 0.15) is 17.3 Å². The van der Waals surface area contributed by atoms with Crippen LogP contribution < -0.4 is 14.4 Å². The first-order valence-electron chi connectivity index (χ1n) is 10.3. The summed E-state index contributed by atoms with van der Waals surface area (Å²) in [5.41, 5.74) is 1.78. The summed E-state index contributed by atoms with van der Waals surface area (Å²) in [6.07, 6.45) is 0. The SMILES string of the molecule is COc1ccc(Cl)c(/C(O)=C2\C(=O)C(=O)N(c3ccc(C)c(Cl)c3)C2c2ccccc2OC)c1. The van der Waals surface area contributed by atoms with Crippen molar-refractivity contribution < 1.29 is 24.2 Å². The summed E-state index contributed by atoms with van der Waals surface area (Å²) in [6, 6.07) is 15.8. The number of hydrogen-bond acceptors (Lipinski definition) is 5. The van der Waals surface area contributed by atoms with E-state index in [1.54, 1.807) is 54.6 Å². The van der Waals surface area contributed by atoms with E-state index in [1.807, 2.05) is 6.92 Å². The number of ether oxygens (including phenoxy) is 2. The van der Waals surface area contributed by atoms with Gasteiger partial charge in [-0.05, 0) is 48.9 Å². The average Bonchev–Trinajstić information content (AvgIpc) is 3.11. The lowest BCUT2D eigenvalue weighted by molar-refractivity contribution is -0.132. The molecule has 0 bridgehead atoms. The van der Waals surface area contributed by atoms with Crippen LogP contribution in [0.4, 0.5) is 5.69 Å². The molecule has 34 heavy (non-hydrogen) atoms. The number of Topliss-reactive ketones (excluding diaryl/α,β-unsaturated/α-hetero) is 1. The summed E-state index contributed by atoms with van der Waals surface area (Å²) < 4.78 is 10.8. The zero-order chi connectivity index (χ0) is 24.6. The van der Waals surface area contributed by atoms with Crippen LogP contribution in [-0.2, 0) is 9.59 Å². The first-order valence-corrected chi connectivity index (χ1v) is 11.1. The van der Waals surface area contributed by atoms with Crippen LogP contribution in [0.25, 0.3) is 5.76 Å². The van der Waals surface area contributed by atoms with Gasteiger partial charge in [0.05, 0.1) is 30.9 Å². The molecule has 1 unspecified atom stereocenters. The van der Waals surface area contributed by atoms with Gasteiger partial charge in [0, 0.05) is 21.8 Å². The molecule has 1 N–H and O–H groups in total. The number of halogens is 2. The number of aliphatic hydroxyl groups excluding tert-OH is 1. The zero-order valence-electron chi connectivity index (χ0n) is 18.6. The molecule has 3 aromatic carbocycles. The second-order valence-corrected chi connectivity index (χ2v) is 8.50. The predicted octanol–water partition coefficient (Wildman–Crippen LogP) is 5.95. The molecule has 4 rings (SSSR count). The van der Waals surface area contributed by atoms with Gasteiger partial charge in [0.25, 0.3) is 11.7 Å². The van der Waals surface area contributed by atoms with Crippen molar-refractivity contribution in [1.29, 1.82) is 0 Å². The van der Waals surface area contributed by atoms with Gasteiger partial charge < -0.3 is 14.6 Å². The highest BCUT2D eigenvalue weighted by Gasteiger charge is 2.48. The number of aliphatic hydroxyl groups is 1. The molecule has 1 aliphatic rings.